The molecule has 0 rings (SSSR count). The van der Waals surface area contributed by atoms with E-state index in [0.29, 0.717) is 19.3 Å². The first-order valence-corrected chi connectivity index (χ1v) is 33.9. The van der Waals surface area contributed by atoms with E-state index in [4.69, 9.17) is 14.2 Å². The van der Waals surface area contributed by atoms with Crippen molar-refractivity contribution < 1.29 is 28.6 Å². The normalized spacial score (nSPS) is 12.5. The van der Waals surface area contributed by atoms with Crippen LogP contribution in [0.2, 0.25) is 0 Å². The number of carbonyl (C=O) groups is 3. The largest absolute Gasteiger partial charge is 0.462 e. The summed E-state index contributed by atoms with van der Waals surface area (Å²) in [4.78, 5) is 38.3. The lowest BCUT2D eigenvalue weighted by Crippen LogP contribution is -2.30. The fourth-order valence-corrected chi connectivity index (χ4v) is 9.88. The average molecular weight is 1090 g/mol. The van der Waals surface area contributed by atoms with Crippen molar-refractivity contribution >= 4 is 17.9 Å². The molecule has 0 aliphatic heterocycles. The molecule has 0 aromatic rings. The van der Waals surface area contributed by atoms with Crippen molar-refractivity contribution in [3.05, 3.63) is 72.9 Å². The Hall–Kier alpha value is -3.15. The van der Waals surface area contributed by atoms with Gasteiger partial charge in [0.05, 0.1) is 0 Å². The van der Waals surface area contributed by atoms with Crippen molar-refractivity contribution in [2.75, 3.05) is 13.2 Å². The van der Waals surface area contributed by atoms with Crippen molar-refractivity contribution in [1.82, 2.24) is 0 Å². The molecule has 6 nitrogen and oxygen atoms in total. The summed E-state index contributed by atoms with van der Waals surface area (Å²) in [5, 5.41) is 0. The molecule has 0 aromatic heterocycles. The monoisotopic (exact) mass is 1090 g/mol. The molecule has 0 heterocycles. The Morgan fingerprint density at radius 3 is 0.808 bits per heavy atom. The van der Waals surface area contributed by atoms with E-state index in [9.17, 15) is 14.4 Å². The van der Waals surface area contributed by atoms with Crippen LogP contribution < -0.4 is 0 Å². The second kappa shape index (κ2) is 66.4. The number of unbranched alkanes of at least 4 members (excludes halogenated alkanes) is 39. The molecule has 0 radical (unpaired) electrons. The molecule has 0 amide bonds. The van der Waals surface area contributed by atoms with Gasteiger partial charge in [0.1, 0.15) is 13.2 Å². The number of hydrogen-bond donors (Lipinski definition) is 0. The molecule has 452 valence electrons. The quantitative estimate of drug-likeness (QED) is 0.0261. The van der Waals surface area contributed by atoms with Crippen LogP contribution in [0.3, 0.4) is 0 Å². The van der Waals surface area contributed by atoms with E-state index >= 15 is 0 Å². The van der Waals surface area contributed by atoms with Crippen LogP contribution in [0.25, 0.3) is 0 Å². The number of esters is 3. The number of rotatable bonds is 62. The summed E-state index contributed by atoms with van der Waals surface area (Å²) in [6, 6.07) is 0. The molecule has 1 unspecified atom stereocenters. The molecule has 0 saturated carbocycles. The number of allylic oxidation sites excluding steroid dienone is 12. The van der Waals surface area contributed by atoms with E-state index in [1.165, 1.54) is 199 Å². The van der Waals surface area contributed by atoms with Crippen molar-refractivity contribution in [3.8, 4) is 0 Å². The second-order valence-electron chi connectivity index (χ2n) is 22.7. The molecular formula is C72H128O6. The zero-order valence-electron chi connectivity index (χ0n) is 51.9. The van der Waals surface area contributed by atoms with Crippen LogP contribution in [0.5, 0.6) is 0 Å². The van der Waals surface area contributed by atoms with Gasteiger partial charge < -0.3 is 14.2 Å². The Morgan fingerprint density at radius 2 is 0.500 bits per heavy atom. The first-order valence-electron chi connectivity index (χ1n) is 33.9. The molecule has 6 heteroatoms. The van der Waals surface area contributed by atoms with Gasteiger partial charge in [-0.3, -0.25) is 14.4 Å². The van der Waals surface area contributed by atoms with Gasteiger partial charge in [-0.15, -0.1) is 0 Å². The Labute approximate surface area is 484 Å². The summed E-state index contributed by atoms with van der Waals surface area (Å²) < 4.78 is 16.9. The Balaban J connectivity index is 4.10. The lowest BCUT2D eigenvalue weighted by Gasteiger charge is -2.18. The number of ether oxygens (including phenoxy) is 3. The highest BCUT2D eigenvalue weighted by molar-refractivity contribution is 5.71. The van der Waals surface area contributed by atoms with E-state index in [1.54, 1.807) is 0 Å². The molecule has 0 bridgehead atoms. The molecular weight excluding hydrogens is 961 g/mol. The van der Waals surface area contributed by atoms with Crippen LogP contribution in [0.1, 0.15) is 348 Å². The van der Waals surface area contributed by atoms with Crippen LogP contribution in [0, 0.1) is 0 Å². The van der Waals surface area contributed by atoms with Crippen LogP contribution in [-0.2, 0) is 28.6 Å². The summed E-state index contributed by atoms with van der Waals surface area (Å²) in [5.74, 6) is -0.870. The topological polar surface area (TPSA) is 78.9 Å². The highest BCUT2D eigenvalue weighted by Gasteiger charge is 2.19. The van der Waals surface area contributed by atoms with Crippen molar-refractivity contribution in [2.45, 2.75) is 354 Å². The fraction of sp³-hybridized carbons (Fsp3) is 0.792. The summed E-state index contributed by atoms with van der Waals surface area (Å²) >= 11 is 0. The molecule has 1 atom stereocenters. The number of carbonyl (C=O) groups excluding carboxylic acids is 3. The van der Waals surface area contributed by atoms with Gasteiger partial charge in [-0.05, 0) is 89.9 Å². The van der Waals surface area contributed by atoms with Gasteiger partial charge in [-0.25, -0.2) is 0 Å². The van der Waals surface area contributed by atoms with Crippen molar-refractivity contribution in [2.24, 2.45) is 0 Å². The zero-order valence-corrected chi connectivity index (χ0v) is 51.9. The third-order valence-electron chi connectivity index (χ3n) is 14.9. The van der Waals surface area contributed by atoms with E-state index in [2.05, 4.69) is 93.7 Å². The third kappa shape index (κ3) is 63.7. The van der Waals surface area contributed by atoms with Crippen LogP contribution in [0.4, 0.5) is 0 Å². The van der Waals surface area contributed by atoms with Crippen LogP contribution >= 0.6 is 0 Å². The molecule has 0 aromatic carbocycles. The predicted octanol–water partition coefficient (Wildman–Crippen LogP) is 23.3. The van der Waals surface area contributed by atoms with E-state index in [1.807, 2.05) is 0 Å². The minimum atomic E-state index is -0.779. The molecule has 0 saturated heterocycles. The van der Waals surface area contributed by atoms with Crippen molar-refractivity contribution in [1.29, 1.82) is 0 Å². The first-order chi connectivity index (χ1) is 38.5. The van der Waals surface area contributed by atoms with Crippen LogP contribution in [0.15, 0.2) is 72.9 Å². The molecule has 0 aliphatic rings. The minimum absolute atomic E-state index is 0.0753. The van der Waals surface area contributed by atoms with E-state index in [-0.39, 0.29) is 31.1 Å². The van der Waals surface area contributed by atoms with Gasteiger partial charge in [-0.2, -0.15) is 0 Å². The Morgan fingerprint density at radius 1 is 0.269 bits per heavy atom. The van der Waals surface area contributed by atoms with Gasteiger partial charge in [-0.1, -0.05) is 312 Å². The molecule has 0 fully saturated rings. The molecule has 0 spiro atoms. The van der Waals surface area contributed by atoms with E-state index < -0.39 is 6.10 Å². The fourth-order valence-electron chi connectivity index (χ4n) is 9.88. The summed E-state index contributed by atoms with van der Waals surface area (Å²) in [6.45, 7) is 6.53. The second-order valence-corrected chi connectivity index (χ2v) is 22.7. The highest BCUT2D eigenvalue weighted by atomic mass is 16.6. The molecule has 0 N–H and O–H groups in total. The maximum Gasteiger partial charge on any atom is 0.306 e. The minimum Gasteiger partial charge on any atom is -0.462 e. The van der Waals surface area contributed by atoms with Crippen LogP contribution in [-0.4, -0.2) is 37.2 Å². The standard InChI is InChI=1S/C72H128O6/c1-4-7-10-13-16-19-22-25-27-28-29-30-31-32-33-34-35-36-37-38-39-40-41-42-43-44-46-47-50-53-56-59-62-65-71(74)77-68-69(67-76-70(73)64-61-58-55-52-49-24-21-18-15-12-9-6-3)78-72(75)66-63-60-57-54-51-48-45-26-23-20-17-14-11-8-5-2/h7,10,16-17,19-20,25-27,29-30,45,69H,4-6,8-9,11-15,18,21-24,28,31-44,46-68H2,1-3H3/b10-7-,19-16-,20-17-,27-25-,30-29-,45-26-. The summed E-state index contributed by atoms with van der Waals surface area (Å²) in [7, 11) is 0. The van der Waals surface area contributed by atoms with Gasteiger partial charge in [0.15, 0.2) is 6.10 Å². The summed E-state index contributed by atoms with van der Waals surface area (Å²) in [5.41, 5.74) is 0. The van der Waals surface area contributed by atoms with Gasteiger partial charge in [0.2, 0.25) is 0 Å². The van der Waals surface area contributed by atoms with E-state index in [0.717, 1.165) is 109 Å². The first kappa shape index (κ1) is 74.8. The highest BCUT2D eigenvalue weighted by Crippen LogP contribution is 2.18. The third-order valence-corrected chi connectivity index (χ3v) is 14.9. The van der Waals surface area contributed by atoms with Crippen molar-refractivity contribution in [3.63, 3.8) is 0 Å². The Kier molecular flexibility index (Phi) is 63.7. The lowest BCUT2D eigenvalue weighted by molar-refractivity contribution is -0.167. The smallest absolute Gasteiger partial charge is 0.306 e. The van der Waals surface area contributed by atoms with Gasteiger partial charge in [0, 0.05) is 19.3 Å². The number of hydrogen-bond acceptors (Lipinski definition) is 6. The SMILES string of the molecule is CC/C=C\C/C=C\C/C=C\C/C=C\CCCCCCCCCCCCCCCCCCCCCCC(=O)OCC(COC(=O)CCCCCCCCCCCCCC)OC(=O)CCCCCCC/C=C\C/C=C\CCCCC. The average Bonchev–Trinajstić information content (AvgIpc) is 3.44. The maximum atomic E-state index is 12.9. The summed E-state index contributed by atoms with van der Waals surface area (Å²) in [6.07, 6.45) is 86.5. The molecule has 0 aliphatic carbocycles. The predicted molar refractivity (Wildman–Crippen MR) is 339 cm³/mol. The Bertz CT molecular complexity index is 1440. The lowest BCUT2D eigenvalue weighted by atomic mass is 10.0. The molecule has 78 heavy (non-hydrogen) atoms. The maximum absolute atomic E-state index is 12.9. The zero-order chi connectivity index (χ0) is 56.4. The van der Waals surface area contributed by atoms with Gasteiger partial charge >= 0.3 is 17.9 Å². The van der Waals surface area contributed by atoms with Gasteiger partial charge in [0.25, 0.3) is 0 Å².